The lowest BCUT2D eigenvalue weighted by Crippen LogP contribution is -2.45. The lowest BCUT2D eigenvalue weighted by molar-refractivity contribution is -0.122. The highest BCUT2D eigenvalue weighted by Crippen LogP contribution is 2.33. The minimum Gasteiger partial charge on any atom is -0.497 e. The number of methoxy groups -OCH3 is 1. The zero-order valence-corrected chi connectivity index (χ0v) is 19.8. The number of hydrogen-bond acceptors (Lipinski definition) is 5. The van der Waals surface area contributed by atoms with Crippen LogP contribution in [0.3, 0.4) is 0 Å². The Balaban J connectivity index is 2.07. The predicted octanol–water partition coefficient (Wildman–Crippen LogP) is 3.44. The molecule has 1 fully saturated rings. The van der Waals surface area contributed by atoms with Crippen LogP contribution in [-0.4, -0.2) is 44.2 Å². The number of sulfonamides is 1. The average molecular weight is 457 g/mol. The molecule has 0 bridgehead atoms. The van der Waals surface area contributed by atoms with Crippen molar-refractivity contribution in [1.82, 2.24) is 4.31 Å². The van der Waals surface area contributed by atoms with Gasteiger partial charge in [0.05, 0.1) is 24.1 Å². The van der Waals surface area contributed by atoms with Crippen molar-refractivity contribution in [2.75, 3.05) is 18.6 Å². The molecule has 7 nitrogen and oxygen atoms in total. The van der Waals surface area contributed by atoms with E-state index in [1.165, 1.54) is 13.2 Å². The van der Waals surface area contributed by atoms with Crippen molar-refractivity contribution in [3.63, 3.8) is 0 Å². The zero-order chi connectivity index (χ0) is 23.8. The first-order valence-electron chi connectivity index (χ1n) is 10.3. The van der Waals surface area contributed by atoms with Crippen molar-refractivity contribution < 1.29 is 22.7 Å². The molecule has 3 rings (SSSR count). The minimum atomic E-state index is -4.08. The number of hydrogen-bond donors (Lipinski definition) is 0. The van der Waals surface area contributed by atoms with Crippen molar-refractivity contribution in [1.29, 1.82) is 0 Å². The molecule has 170 valence electrons. The second kappa shape index (κ2) is 8.88. The maximum atomic E-state index is 13.8. The minimum absolute atomic E-state index is 0.0889. The molecule has 1 saturated heterocycles. The van der Waals surface area contributed by atoms with Crippen LogP contribution in [0, 0.1) is 27.7 Å². The Morgan fingerprint density at radius 2 is 1.66 bits per heavy atom. The van der Waals surface area contributed by atoms with Gasteiger partial charge in [-0.05, 0) is 74.2 Å². The fraction of sp³-hybridized carbons (Fsp3) is 0.333. The third-order valence-corrected chi connectivity index (χ3v) is 8.12. The molecule has 0 radical (unpaired) electrons. The molecule has 2 aromatic carbocycles. The molecule has 0 saturated carbocycles. The molecular weight excluding hydrogens is 428 g/mol. The van der Waals surface area contributed by atoms with Gasteiger partial charge in [-0.25, -0.2) is 13.3 Å². The van der Waals surface area contributed by atoms with Gasteiger partial charge in [-0.15, -0.1) is 6.58 Å². The van der Waals surface area contributed by atoms with E-state index in [2.05, 4.69) is 6.58 Å². The van der Waals surface area contributed by atoms with Crippen LogP contribution >= 0.6 is 0 Å². The summed E-state index contributed by atoms with van der Waals surface area (Å²) in [5, 5.41) is 0. The first kappa shape index (κ1) is 23.7. The lowest BCUT2D eigenvalue weighted by Gasteiger charge is -2.28. The Morgan fingerprint density at radius 3 is 2.16 bits per heavy atom. The molecule has 2 aromatic rings. The molecule has 1 unspecified atom stereocenters. The first-order valence-corrected chi connectivity index (χ1v) is 11.7. The normalized spacial score (nSPS) is 16.7. The summed E-state index contributed by atoms with van der Waals surface area (Å²) in [5.41, 5.74) is 3.33. The summed E-state index contributed by atoms with van der Waals surface area (Å²) in [7, 11) is -2.56. The average Bonchev–Trinajstić information content (AvgIpc) is 3.04. The van der Waals surface area contributed by atoms with Crippen molar-refractivity contribution in [2.24, 2.45) is 0 Å². The number of imide groups is 1. The van der Waals surface area contributed by atoms with Crippen molar-refractivity contribution >= 4 is 27.5 Å². The van der Waals surface area contributed by atoms with Crippen molar-refractivity contribution in [3.8, 4) is 5.75 Å². The molecule has 1 aliphatic heterocycles. The summed E-state index contributed by atoms with van der Waals surface area (Å²) in [6.45, 7) is 10.8. The highest BCUT2D eigenvalue weighted by atomic mass is 32.2. The van der Waals surface area contributed by atoms with Crippen LogP contribution in [0.15, 0.2) is 47.9 Å². The van der Waals surface area contributed by atoms with Gasteiger partial charge in [0.25, 0.3) is 5.91 Å². The van der Waals surface area contributed by atoms with Crippen LogP contribution in [0.2, 0.25) is 0 Å². The largest absolute Gasteiger partial charge is 0.497 e. The van der Waals surface area contributed by atoms with Gasteiger partial charge in [-0.2, -0.15) is 4.31 Å². The van der Waals surface area contributed by atoms with Gasteiger partial charge in [0.15, 0.2) is 0 Å². The van der Waals surface area contributed by atoms with Crippen LogP contribution in [0.1, 0.15) is 28.7 Å². The van der Waals surface area contributed by atoms with E-state index in [1.807, 2.05) is 19.9 Å². The van der Waals surface area contributed by atoms with Crippen molar-refractivity contribution in [3.05, 3.63) is 65.2 Å². The summed E-state index contributed by atoms with van der Waals surface area (Å²) in [6, 6.07) is 7.28. The van der Waals surface area contributed by atoms with Gasteiger partial charge in [0.2, 0.25) is 15.9 Å². The SMILES string of the molecule is C=CCN(C1CC(=O)N(c2ccc(OC)cc2)C1=O)S(=O)(=O)c1c(C)c(C)cc(C)c1C. The number of nitrogens with zero attached hydrogens (tertiary/aromatic N) is 2. The molecule has 1 aliphatic rings. The number of carbonyl (C=O) groups is 2. The Labute approximate surface area is 189 Å². The zero-order valence-electron chi connectivity index (χ0n) is 19.0. The van der Waals surface area contributed by atoms with E-state index in [4.69, 9.17) is 4.74 Å². The van der Waals surface area contributed by atoms with E-state index in [1.54, 1.807) is 38.1 Å². The summed E-state index contributed by atoms with van der Waals surface area (Å²) in [5.74, 6) is -0.449. The second-order valence-electron chi connectivity index (χ2n) is 7.94. The Bertz CT molecular complexity index is 1160. The van der Waals surface area contributed by atoms with E-state index >= 15 is 0 Å². The quantitative estimate of drug-likeness (QED) is 0.471. The number of anilines is 1. The number of amides is 2. The maximum Gasteiger partial charge on any atom is 0.252 e. The van der Waals surface area contributed by atoms with Crippen LogP contribution in [0.4, 0.5) is 5.69 Å². The van der Waals surface area contributed by atoms with Crippen LogP contribution in [0.25, 0.3) is 0 Å². The molecule has 0 spiro atoms. The third kappa shape index (κ3) is 3.96. The topological polar surface area (TPSA) is 84.0 Å². The number of benzene rings is 2. The van der Waals surface area contributed by atoms with Gasteiger partial charge in [-0.1, -0.05) is 12.1 Å². The second-order valence-corrected chi connectivity index (χ2v) is 9.77. The van der Waals surface area contributed by atoms with E-state index in [9.17, 15) is 18.0 Å². The Morgan fingerprint density at radius 1 is 1.09 bits per heavy atom. The highest BCUT2D eigenvalue weighted by Gasteiger charge is 2.47. The van der Waals surface area contributed by atoms with Crippen molar-refractivity contribution in [2.45, 2.75) is 45.1 Å². The monoisotopic (exact) mass is 456 g/mol. The number of ether oxygens (including phenoxy) is 1. The number of carbonyl (C=O) groups excluding carboxylic acids is 2. The molecule has 1 heterocycles. The van der Waals surface area contributed by atoms with Gasteiger partial charge >= 0.3 is 0 Å². The molecular formula is C24H28N2O5S. The molecule has 2 amide bonds. The predicted molar refractivity (Wildman–Crippen MR) is 123 cm³/mol. The van der Waals surface area contributed by atoms with E-state index in [0.717, 1.165) is 20.3 Å². The summed E-state index contributed by atoms with van der Waals surface area (Å²) >= 11 is 0. The van der Waals surface area contributed by atoms with E-state index in [0.29, 0.717) is 22.6 Å². The van der Waals surface area contributed by atoms with Gasteiger partial charge in [-0.3, -0.25) is 9.59 Å². The molecule has 8 heteroatoms. The van der Waals surface area contributed by atoms with Gasteiger partial charge in [0, 0.05) is 6.54 Å². The highest BCUT2D eigenvalue weighted by molar-refractivity contribution is 7.89. The van der Waals surface area contributed by atoms with Crippen LogP contribution in [0.5, 0.6) is 5.75 Å². The Hall–Kier alpha value is -2.97. The molecule has 0 aliphatic carbocycles. The fourth-order valence-corrected chi connectivity index (χ4v) is 6.18. The molecule has 1 atom stereocenters. The fourth-order valence-electron chi connectivity index (χ4n) is 4.05. The summed E-state index contributed by atoms with van der Waals surface area (Å²) < 4.78 is 33.8. The Kier molecular flexibility index (Phi) is 6.57. The maximum absolute atomic E-state index is 13.8. The van der Waals surface area contributed by atoms with E-state index < -0.39 is 27.9 Å². The van der Waals surface area contributed by atoms with Crippen LogP contribution in [-0.2, 0) is 19.6 Å². The first-order chi connectivity index (χ1) is 15.0. The standard InChI is InChI=1S/C24H28N2O5S/c1-7-12-25(32(29,30)23-17(4)15(2)13-16(3)18(23)5)21-14-22(27)26(24(21)28)19-8-10-20(31-6)11-9-19/h7-11,13,21H,1,12,14H2,2-6H3. The van der Waals surface area contributed by atoms with Gasteiger partial charge in [0.1, 0.15) is 11.8 Å². The number of aryl methyl sites for hydroxylation is 2. The van der Waals surface area contributed by atoms with Crippen LogP contribution < -0.4 is 9.64 Å². The molecule has 0 aromatic heterocycles. The molecule has 32 heavy (non-hydrogen) atoms. The molecule has 0 N–H and O–H groups in total. The smallest absolute Gasteiger partial charge is 0.252 e. The summed E-state index contributed by atoms with van der Waals surface area (Å²) in [6.07, 6.45) is 1.19. The van der Waals surface area contributed by atoms with Gasteiger partial charge < -0.3 is 4.74 Å². The lowest BCUT2D eigenvalue weighted by atomic mass is 10.0. The van der Waals surface area contributed by atoms with E-state index in [-0.39, 0.29) is 17.9 Å². The summed E-state index contributed by atoms with van der Waals surface area (Å²) in [4.78, 5) is 27.3. The third-order valence-electron chi connectivity index (χ3n) is 5.97. The number of rotatable bonds is 7.